The Morgan fingerprint density at radius 2 is 1.54 bits per heavy atom. The van der Waals surface area contributed by atoms with E-state index >= 15 is 0 Å². The van der Waals surface area contributed by atoms with Gasteiger partial charge in [0.15, 0.2) is 11.5 Å². The molecular formula is C28H28N2O5. The molecule has 0 N–H and O–H groups in total. The molecule has 2 aliphatic rings. The minimum Gasteiger partial charge on any atom is -0.493 e. The molecule has 3 aromatic rings. The van der Waals surface area contributed by atoms with Crippen LogP contribution in [0.2, 0.25) is 0 Å². The van der Waals surface area contributed by atoms with E-state index in [1.807, 2.05) is 90.7 Å². The number of benzene rings is 3. The summed E-state index contributed by atoms with van der Waals surface area (Å²) in [6, 6.07) is 24.4. The van der Waals surface area contributed by atoms with Crippen LogP contribution < -0.4 is 9.47 Å². The molecule has 0 bridgehead atoms. The standard InChI is InChI=1S/C28H28N2O5/c1-28(30-22(18-35-27(30)32)20-12-8-5-9-13-20)25(21-14-15-23(33-2)24(16-21)34-3)29(26(28)31)17-19-10-6-4-7-11-19/h4-16,22,25H,17-18H2,1-3H3/t22-,25-,28+/m1/s1. The summed E-state index contributed by atoms with van der Waals surface area (Å²) in [5.41, 5.74) is 1.66. The van der Waals surface area contributed by atoms with Crippen molar-refractivity contribution in [1.82, 2.24) is 9.80 Å². The molecule has 0 aromatic heterocycles. The molecule has 0 radical (unpaired) electrons. The maximum atomic E-state index is 13.9. The van der Waals surface area contributed by atoms with Crippen molar-refractivity contribution in [3.8, 4) is 11.5 Å². The molecule has 5 rings (SSSR count). The zero-order valence-corrected chi connectivity index (χ0v) is 20.0. The van der Waals surface area contributed by atoms with Gasteiger partial charge in [0.05, 0.1) is 26.3 Å². The van der Waals surface area contributed by atoms with Crippen LogP contribution >= 0.6 is 0 Å². The van der Waals surface area contributed by atoms with Crippen LogP contribution in [0.3, 0.4) is 0 Å². The lowest BCUT2D eigenvalue weighted by atomic mass is 9.73. The first-order chi connectivity index (χ1) is 17.0. The first-order valence-electron chi connectivity index (χ1n) is 11.6. The highest BCUT2D eigenvalue weighted by molar-refractivity contribution is 5.97. The summed E-state index contributed by atoms with van der Waals surface area (Å²) in [5.74, 6) is 1.04. The monoisotopic (exact) mass is 472 g/mol. The van der Waals surface area contributed by atoms with Crippen molar-refractivity contribution in [3.05, 3.63) is 95.6 Å². The predicted octanol–water partition coefficient (Wildman–Crippen LogP) is 4.74. The van der Waals surface area contributed by atoms with E-state index in [1.165, 1.54) is 0 Å². The summed E-state index contributed by atoms with van der Waals surface area (Å²) < 4.78 is 16.5. The van der Waals surface area contributed by atoms with Crippen molar-refractivity contribution >= 4 is 12.0 Å². The molecule has 3 atom stereocenters. The molecule has 180 valence electrons. The fourth-order valence-corrected chi connectivity index (χ4v) is 5.32. The van der Waals surface area contributed by atoms with Crippen molar-refractivity contribution in [3.63, 3.8) is 0 Å². The minimum atomic E-state index is -1.14. The lowest BCUT2D eigenvalue weighted by Crippen LogP contribution is -2.74. The normalized spacial score (nSPS) is 23.6. The first kappa shape index (κ1) is 22.8. The Bertz CT molecular complexity index is 1230. The van der Waals surface area contributed by atoms with Gasteiger partial charge in [-0.1, -0.05) is 66.7 Å². The second-order valence-electron chi connectivity index (χ2n) is 8.96. The van der Waals surface area contributed by atoms with Gasteiger partial charge in [0.2, 0.25) is 0 Å². The highest BCUT2D eigenvalue weighted by Crippen LogP contribution is 2.52. The molecule has 7 heteroatoms. The molecule has 2 fully saturated rings. The van der Waals surface area contributed by atoms with E-state index in [-0.39, 0.29) is 18.6 Å². The maximum Gasteiger partial charge on any atom is 0.411 e. The second kappa shape index (κ2) is 8.98. The number of likely N-dealkylation sites (tertiary alicyclic amines) is 1. The van der Waals surface area contributed by atoms with Crippen molar-refractivity contribution < 1.29 is 23.8 Å². The van der Waals surface area contributed by atoms with E-state index in [1.54, 1.807) is 19.1 Å². The highest BCUT2D eigenvalue weighted by Gasteiger charge is 2.65. The lowest BCUT2D eigenvalue weighted by Gasteiger charge is -2.58. The van der Waals surface area contributed by atoms with Gasteiger partial charge in [-0.25, -0.2) is 4.79 Å². The summed E-state index contributed by atoms with van der Waals surface area (Å²) >= 11 is 0. The average Bonchev–Trinajstić information content (AvgIpc) is 3.30. The van der Waals surface area contributed by atoms with Gasteiger partial charge in [-0.05, 0) is 35.7 Å². The number of rotatable bonds is 7. The van der Waals surface area contributed by atoms with Gasteiger partial charge in [0.25, 0.3) is 5.91 Å². The van der Waals surface area contributed by atoms with E-state index < -0.39 is 17.7 Å². The van der Waals surface area contributed by atoms with Crippen LogP contribution in [-0.4, -0.2) is 48.2 Å². The second-order valence-corrected chi connectivity index (χ2v) is 8.96. The molecule has 2 saturated heterocycles. The van der Waals surface area contributed by atoms with E-state index in [4.69, 9.17) is 14.2 Å². The van der Waals surface area contributed by atoms with E-state index in [0.29, 0.717) is 18.0 Å². The number of carbonyl (C=O) groups excluding carboxylic acids is 2. The molecule has 0 saturated carbocycles. The third-order valence-corrected chi connectivity index (χ3v) is 7.01. The van der Waals surface area contributed by atoms with Crippen LogP contribution in [0.5, 0.6) is 11.5 Å². The third kappa shape index (κ3) is 3.67. The fraction of sp³-hybridized carbons (Fsp3) is 0.286. The summed E-state index contributed by atoms with van der Waals surface area (Å²) in [6.45, 7) is 2.46. The third-order valence-electron chi connectivity index (χ3n) is 7.01. The number of methoxy groups -OCH3 is 2. The number of amides is 2. The number of β-lactam (4-membered cyclic amide) rings is 1. The molecule has 35 heavy (non-hydrogen) atoms. The molecule has 0 unspecified atom stereocenters. The number of cyclic esters (lactones) is 1. The number of hydrogen-bond donors (Lipinski definition) is 0. The largest absolute Gasteiger partial charge is 0.493 e. The van der Waals surface area contributed by atoms with Crippen LogP contribution in [0.1, 0.15) is 35.7 Å². The maximum absolute atomic E-state index is 13.9. The SMILES string of the molecule is COc1ccc([C@H]2N(Cc3ccccc3)C(=O)[C@@]2(C)N2C(=O)OC[C@@H]2c2ccccc2)cc1OC. The minimum absolute atomic E-state index is 0.124. The number of hydrogen-bond acceptors (Lipinski definition) is 5. The highest BCUT2D eigenvalue weighted by atomic mass is 16.6. The Hall–Kier alpha value is -4.00. The molecular weight excluding hydrogens is 444 g/mol. The Balaban J connectivity index is 1.59. The Labute approximate surface area is 204 Å². The van der Waals surface area contributed by atoms with Gasteiger partial charge in [-0.15, -0.1) is 0 Å². The number of ether oxygens (including phenoxy) is 3. The van der Waals surface area contributed by atoms with Gasteiger partial charge in [-0.3, -0.25) is 9.69 Å². The van der Waals surface area contributed by atoms with E-state index in [9.17, 15) is 9.59 Å². The lowest BCUT2D eigenvalue weighted by molar-refractivity contribution is -0.175. The quantitative estimate of drug-likeness (QED) is 0.465. The van der Waals surface area contributed by atoms with Crippen LogP contribution in [0.25, 0.3) is 0 Å². The fourth-order valence-electron chi connectivity index (χ4n) is 5.32. The molecule has 3 aromatic carbocycles. The van der Waals surface area contributed by atoms with Crippen LogP contribution in [0.15, 0.2) is 78.9 Å². The van der Waals surface area contributed by atoms with Crippen molar-refractivity contribution in [2.24, 2.45) is 0 Å². The first-order valence-corrected chi connectivity index (χ1v) is 11.6. The summed E-state index contributed by atoms with van der Waals surface area (Å²) in [5, 5.41) is 0. The molecule has 0 aliphatic carbocycles. The van der Waals surface area contributed by atoms with E-state index in [2.05, 4.69) is 0 Å². The molecule has 7 nitrogen and oxygen atoms in total. The molecule has 0 spiro atoms. The van der Waals surface area contributed by atoms with Gasteiger partial charge in [0, 0.05) is 6.54 Å². The van der Waals surface area contributed by atoms with Gasteiger partial charge >= 0.3 is 6.09 Å². The molecule has 2 aliphatic heterocycles. The van der Waals surface area contributed by atoms with Gasteiger partial charge in [-0.2, -0.15) is 0 Å². The topological polar surface area (TPSA) is 68.3 Å². The smallest absolute Gasteiger partial charge is 0.411 e. The Kier molecular flexibility index (Phi) is 5.84. The van der Waals surface area contributed by atoms with Crippen LogP contribution in [0, 0.1) is 0 Å². The zero-order valence-electron chi connectivity index (χ0n) is 20.0. The average molecular weight is 473 g/mol. The van der Waals surface area contributed by atoms with Crippen LogP contribution in [-0.2, 0) is 16.1 Å². The summed E-state index contributed by atoms with van der Waals surface area (Å²) in [4.78, 5) is 30.4. The van der Waals surface area contributed by atoms with Gasteiger partial charge in [0.1, 0.15) is 12.1 Å². The van der Waals surface area contributed by atoms with Crippen LogP contribution in [0.4, 0.5) is 4.79 Å². The Morgan fingerprint density at radius 1 is 0.886 bits per heavy atom. The van der Waals surface area contributed by atoms with Crippen molar-refractivity contribution in [2.45, 2.75) is 31.1 Å². The zero-order chi connectivity index (χ0) is 24.6. The predicted molar refractivity (Wildman–Crippen MR) is 130 cm³/mol. The summed E-state index contributed by atoms with van der Waals surface area (Å²) in [7, 11) is 3.17. The van der Waals surface area contributed by atoms with Gasteiger partial charge < -0.3 is 19.1 Å². The molecule has 2 heterocycles. The molecule has 2 amide bonds. The Morgan fingerprint density at radius 3 is 2.20 bits per heavy atom. The van der Waals surface area contributed by atoms with Crippen molar-refractivity contribution in [2.75, 3.05) is 20.8 Å². The van der Waals surface area contributed by atoms with E-state index in [0.717, 1.165) is 16.7 Å². The summed E-state index contributed by atoms with van der Waals surface area (Å²) in [6.07, 6.45) is -0.487. The van der Waals surface area contributed by atoms with Crippen molar-refractivity contribution in [1.29, 1.82) is 0 Å². The number of nitrogens with zero attached hydrogens (tertiary/aromatic N) is 2. The number of carbonyl (C=O) groups is 2.